The highest BCUT2D eigenvalue weighted by molar-refractivity contribution is 7.47. The largest absolute Gasteiger partial charge is 0.472 e. The summed E-state index contributed by atoms with van der Waals surface area (Å²) in [5.41, 5.74) is 0. The van der Waals surface area contributed by atoms with Crippen LogP contribution in [0, 0.1) is 0 Å². The molecule has 0 aromatic heterocycles. The Morgan fingerprint density at radius 3 is 1.40 bits per heavy atom. The number of hydrogen-bond acceptors (Lipinski definition) is 11. The standard InChI is InChI=1S/C49H91O12P/c1-3-5-7-9-11-13-15-17-19-21-22-23-24-26-28-30-32-34-36-38-43(50)60-42(41-59-62(56,57)61-49-47(54)45(52)44(51)46(53)48(49)55)40-58-39-37-35-33-31-29-27-25-20-18-16-14-12-10-8-6-4-2/h11,13,17-20,42,44-49,51-55H,3-10,12,14-16,21-41H2,1-2H3,(H,56,57)/b13-11-,19-17-,20-18-. The predicted octanol–water partition coefficient (Wildman–Crippen LogP) is 10.6. The number of ether oxygens (including phenoxy) is 2. The Bertz CT molecular complexity index is 1170. The summed E-state index contributed by atoms with van der Waals surface area (Å²) >= 11 is 0. The van der Waals surface area contributed by atoms with Crippen LogP contribution in [0.3, 0.4) is 0 Å². The lowest BCUT2D eigenvalue weighted by Gasteiger charge is -2.41. The van der Waals surface area contributed by atoms with Gasteiger partial charge in [-0.25, -0.2) is 4.57 Å². The van der Waals surface area contributed by atoms with Crippen molar-refractivity contribution in [2.75, 3.05) is 19.8 Å². The van der Waals surface area contributed by atoms with Gasteiger partial charge in [0.15, 0.2) is 0 Å². The van der Waals surface area contributed by atoms with Gasteiger partial charge in [-0.3, -0.25) is 13.8 Å². The molecule has 1 saturated carbocycles. The quantitative estimate of drug-likeness (QED) is 0.0147. The number of aliphatic hydroxyl groups is 5. The number of allylic oxidation sites excluding steroid dienone is 6. The fraction of sp³-hybridized carbons (Fsp3) is 0.857. The number of esters is 1. The molecule has 6 N–H and O–H groups in total. The van der Waals surface area contributed by atoms with Gasteiger partial charge in [-0.05, 0) is 70.6 Å². The number of phosphoric ester groups is 1. The zero-order valence-corrected chi connectivity index (χ0v) is 39.8. The first-order valence-electron chi connectivity index (χ1n) is 24.8. The van der Waals surface area contributed by atoms with E-state index in [4.69, 9.17) is 18.5 Å². The summed E-state index contributed by atoms with van der Waals surface area (Å²) in [5, 5.41) is 50.2. The molecule has 12 nitrogen and oxygen atoms in total. The van der Waals surface area contributed by atoms with Gasteiger partial charge in [-0.1, -0.05) is 166 Å². The van der Waals surface area contributed by atoms with Crippen LogP contribution in [0.2, 0.25) is 0 Å². The molecule has 0 aliphatic heterocycles. The summed E-state index contributed by atoms with van der Waals surface area (Å²) in [4.78, 5) is 23.2. The van der Waals surface area contributed by atoms with Gasteiger partial charge in [0.1, 0.15) is 42.7 Å². The van der Waals surface area contributed by atoms with E-state index in [1.54, 1.807) is 0 Å². The van der Waals surface area contributed by atoms with Crippen LogP contribution in [0.25, 0.3) is 0 Å². The molecule has 0 aromatic carbocycles. The predicted molar refractivity (Wildman–Crippen MR) is 249 cm³/mol. The van der Waals surface area contributed by atoms with Crippen molar-refractivity contribution >= 4 is 13.8 Å². The Morgan fingerprint density at radius 2 is 0.903 bits per heavy atom. The van der Waals surface area contributed by atoms with Crippen LogP contribution in [-0.2, 0) is 27.9 Å². The SMILES string of the molecule is CCCCC/C=C\C/C=C\CCCCCCCCCCCC(=O)OC(COCCCCCCCC/C=C\CCCCCCCC)COP(=O)(O)OC1C(O)C(O)C(O)C(O)C1O. The van der Waals surface area contributed by atoms with Gasteiger partial charge in [0.05, 0.1) is 13.2 Å². The van der Waals surface area contributed by atoms with Crippen molar-refractivity contribution in [3.63, 3.8) is 0 Å². The lowest BCUT2D eigenvalue weighted by Crippen LogP contribution is -2.64. The smallest absolute Gasteiger partial charge is 0.457 e. The van der Waals surface area contributed by atoms with E-state index in [1.807, 2.05) is 0 Å². The molecule has 364 valence electrons. The van der Waals surface area contributed by atoms with Gasteiger partial charge in [0, 0.05) is 13.0 Å². The minimum Gasteiger partial charge on any atom is -0.457 e. The zero-order valence-electron chi connectivity index (χ0n) is 38.9. The Labute approximate surface area is 376 Å². The number of aliphatic hydroxyl groups excluding tert-OH is 5. The normalized spacial score (nSPS) is 22.3. The van der Waals surface area contributed by atoms with Crippen LogP contribution < -0.4 is 0 Å². The average Bonchev–Trinajstić information content (AvgIpc) is 3.26. The first kappa shape index (κ1) is 58.6. The number of rotatable bonds is 42. The van der Waals surface area contributed by atoms with Crippen molar-refractivity contribution in [3.8, 4) is 0 Å². The van der Waals surface area contributed by atoms with Crippen LogP contribution >= 0.6 is 7.82 Å². The summed E-state index contributed by atoms with van der Waals surface area (Å²) in [6.45, 7) is 4.23. The highest BCUT2D eigenvalue weighted by atomic mass is 31.2. The minimum atomic E-state index is -5.02. The average molecular weight is 903 g/mol. The fourth-order valence-corrected chi connectivity index (χ4v) is 8.47. The molecule has 13 heteroatoms. The molecule has 0 saturated heterocycles. The Balaban J connectivity index is 2.37. The van der Waals surface area contributed by atoms with Gasteiger partial charge in [-0.2, -0.15) is 0 Å². The third-order valence-electron chi connectivity index (χ3n) is 11.5. The Kier molecular flexibility index (Phi) is 37.7. The summed E-state index contributed by atoms with van der Waals surface area (Å²) in [6.07, 6.45) is 34.9. The minimum absolute atomic E-state index is 0.0814. The maximum Gasteiger partial charge on any atom is 0.472 e. The van der Waals surface area contributed by atoms with E-state index in [0.29, 0.717) is 13.0 Å². The van der Waals surface area contributed by atoms with E-state index in [2.05, 4.69) is 50.3 Å². The van der Waals surface area contributed by atoms with Gasteiger partial charge in [0.2, 0.25) is 0 Å². The highest BCUT2D eigenvalue weighted by Crippen LogP contribution is 2.47. The number of hydrogen-bond donors (Lipinski definition) is 6. The molecule has 0 radical (unpaired) electrons. The molecule has 0 spiro atoms. The van der Waals surface area contributed by atoms with Crippen LogP contribution in [0.4, 0.5) is 0 Å². The van der Waals surface area contributed by atoms with E-state index in [1.165, 1.54) is 116 Å². The topological polar surface area (TPSA) is 192 Å². The van der Waals surface area contributed by atoms with E-state index >= 15 is 0 Å². The van der Waals surface area contributed by atoms with E-state index in [0.717, 1.165) is 64.2 Å². The molecule has 62 heavy (non-hydrogen) atoms. The number of unbranched alkanes of at least 4 members (excludes halogenated alkanes) is 24. The Hall–Kier alpha value is -1.44. The first-order valence-corrected chi connectivity index (χ1v) is 26.3. The monoisotopic (exact) mass is 903 g/mol. The van der Waals surface area contributed by atoms with E-state index in [9.17, 15) is 39.8 Å². The van der Waals surface area contributed by atoms with Gasteiger partial charge >= 0.3 is 13.8 Å². The maximum absolute atomic E-state index is 12.8. The highest BCUT2D eigenvalue weighted by Gasteiger charge is 2.51. The molecule has 1 fully saturated rings. The molecular weight excluding hydrogens is 812 g/mol. The molecule has 1 aliphatic rings. The molecule has 0 amide bonds. The number of carbonyl (C=O) groups is 1. The Morgan fingerprint density at radius 1 is 0.516 bits per heavy atom. The lowest BCUT2D eigenvalue weighted by atomic mass is 9.85. The van der Waals surface area contributed by atoms with Crippen LogP contribution in [0.15, 0.2) is 36.5 Å². The fourth-order valence-electron chi connectivity index (χ4n) is 7.50. The van der Waals surface area contributed by atoms with Gasteiger partial charge in [0.25, 0.3) is 0 Å². The van der Waals surface area contributed by atoms with Gasteiger partial charge in [-0.15, -0.1) is 0 Å². The summed E-state index contributed by atoms with van der Waals surface area (Å²) in [7, 11) is -5.02. The second-order valence-corrected chi connectivity index (χ2v) is 18.7. The summed E-state index contributed by atoms with van der Waals surface area (Å²) in [5.74, 6) is -0.483. The van der Waals surface area contributed by atoms with E-state index in [-0.39, 0.29) is 13.0 Å². The molecule has 6 atom stereocenters. The molecule has 0 heterocycles. The van der Waals surface area contributed by atoms with Gasteiger partial charge < -0.3 is 39.9 Å². The second kappa shape index (κ2) is 39.9. The second-order valence-electron chi connectivity index (χ2n) is 17.3. The maximum atomic E-state index is 12.8. The molecule has 0 aromatic rings. The molecule has 6 unspecified atom stereocenters. The first-order chi connectivity index (χ1) is 30.0. The number of carbonyl (C=O) groups excluding carboxylic acids is 1. The van der Waals surface area contributed by atoms with E-state index < -0.39 is 63.1 Å². The number of phosphoric acid groups is 1. The van der Waals surface area contributed by atoms with Crippen LogP contribution in [0.5, 0.6) is 0 Å². The van der Waals surface area contributed by atoms with Crippen LogP contribution in [-0.4, -0.2) is 98.9 Å². The third kappa shape index (κ3) is 31.4. The van der Waals surface area contributed by atoms with Crippen LogP contribution in [0.1, 0.15) is 206 Å². The van der Waals surface area contributed by atoms with Crippen molar-refractivity contribution in [2.45, 2.75) is 249 Å². The molecule has 1 rings (SSSR count). The summed E-state index contributed by atoms with van der Waals surface area (Å²) < 4.78 is 34.2. The van der Waals surface area contributed by atoms with Crippen molar-refractivity contribution in [1.82, 2.24) is 0 Å². The zero-order chi connectivity index (χ0) is 45.5. The third-order valence-corrected chi connectivity index (χ3v) is 12.5. The lowest BCUT2D eigenvalue weighted by molar-refractivity contribution is -0.220. The molecule has 0 bridgehead atoms. The van der Waals surface area contributed by atoms with Crippen molar-refractivity contribution < 1.29 is 58.3 Å². The molecule has 1 aliphatic carbocycles. The van der Waals surface area contributed by atoms with Crippen molar-refractivity contribution in [1.29, 1.82) is 0 Å². The molecular formula is C49H91O12P. The van der Waals surface area contributed by atoms with Crippen molar-refractivity contribution in [3.05, 3.63) is 36.5 Å². The summed E-state index contributed by atoms with van der Waals surface area (Å²) in [6, 6.07) is 0. The van der Waals surface area contributed by atoms with Crippen molar-refractivity contribution in [2.24, 2.45) is 0 Å².